The number of rotatable bonds is 13. The van der Waals surface area contributed by atoms with Crippen LogP contribution in [-0.4, -0.2) is 30.9 Å². The Labute approximate surface area is 136 Å². The lowest BCUT2D eigenvalue weighted by Gasteiger charge is -2.02. The Morgan fingerprint density at radius 1 is 0.909 bits per heavy atom. The van der Waals surface area contributed by atoms with E-state index in [1.165, 1.54) is 58.3 Å². The average Bonchev–Trinajstić information content (AvgIpc) is 2.38. The highest BCUT2D eigenvalue weighted by molar-refractivity contribution is 7.80. The summed E-state index contributed by atoms with van der Waals surface area (Å²) < 4.78 is 33.1. The molecule has 0 aromatic carbocycles. The monoisotopic (exact) mass is 341 g/mol. The molecular formula is C15H35NO5S. The molecule has 7 heteroatoms. The van der Waals surface area contributed by atoms with Gasteiger partial charge in [0.05, 0.1) is 12.8 Å². The third-order valence-corrected chi connectivity index (χ3v) is 3.44. The van der Waals surface area contributed by atoms with E-state index in [0.717, 1.165) is 12.8 Å². The number of aliphatic hydroxyl groups is 1. The van der Waals surface area contributed by atoms with Gasteiger partial charge >= 0.3 is 10.4 Å². The molecule has 136 valence electrons. The summed E-state index contributed by atoms with van der Waals surface area (Å²) in [6.07, 6.45) is 12.6. The third kappa shape index (κ3) is 31.9. The zero-order valence-electron chi connectivity index (χ0n) is 14.2. The molecule has 6 nitrogen and oxygen atoms in total. The summed E-state index contributed by atoms with van der Waals surface area (Å²) in [6, 6.07) is 0. The molecule has 0 rings (SSSR count). The van der Waals surface area contributed by atoms with Gasteiger partial charge in [-0.05, 0) is 13.3 Å². The van der Waals surface area contributed by atoms with Crippen molar-refractivity contribution < 1.29 is 22.3 Å². The third-order valence-electron chi connectivity index (χ3n) is 2.98. The van der Waals surface area contributed by atoms with Crippen molar-refractivity contribution in [1.82, 2.24) is 0 Å². The van der Waals surface area contributed by atoms with Gasteiger partial charge in [-0.3, -0.25) is 4.55 Å². The first-order valence-electron chi connectivity index (χ1n) is 8.35. The molecule has 0 aromatic rings. The van der Waals surface area contributed by atoms with Crippen LogP contribution in [-0.2, 0) is 14.6 Å². The van der Waals surface area contributed by atoms with Gasteiger partial charge in [0.2, 0.25) is 0 Å². The molecule has 0 fully saturated rings. The Bertz CT molecular complexity index is 304. The molecule has 0 saturated carbocycles. The van der Waals surface area contributed by atoms with E-state index in [2.05, 4.69) is 16.8 Å². The van der Waals surface area contributed by atoms with Gasteiger partial charge in [0.15, 0.2) is 0 Å². The molecule has 0 aromatic heterocycles. The van der Waals surface area contributed by atoms with Crippen LogP contribution in [0.4, 0.5) is 0 Å². The van der Waals surface area contributed by atoms with Crippen molar-refractivity contribution in [2.75, 3.05) is 6.61 Å². The first kappa shape index (κ1) is 24.0. The molecule has 0 saturated heterocycles. The van der Waals surface area contributed by atoms with Crippen molar-refractivity contribution in [3.63, 3.8) is 0 Å². The van der Waals surface area contributed by atoms with Gasteiger partial charge in [0, 0.05) is 0 Å². The van der Waals surface area contributed by atoms with E-state index in [1.54, 1.807) is 0 Å². The lowest BCUT2D eigenvalue weighted by molar-refractivity contribution is 0.203. The Kier molecular flexibility index (Phi) is 18.7. The van der Waals surface area contributed by atoms with Crippen molar-refractivity contribution in [2.24, 2.45) is 5.73 Å². The summed E-state index contributed by atoms with van der Waals surface area (Å²) in [4.78, 5) is 0. The van der Waals surface area contributed by atoms with Crippen molar-refractivity contribution in [3.8, 4) is 0 Å². The molecule has 1 atom stereocenters. The van der Waals surface area contributed by atoms with E-state index >= 15 is 0 Å². The van der Waals surface area contributed by atoms with Crippen molar-refractivity contribution in [3.05, 3.63) is 0 Å². The maximum absolute atomic E-state index is 10.2. The summed E-state index contributed by atoms with van der Waals surface area (Å²) >= 11 is 0. The molecular weight excluding hydrogens is 306 g/mol. The van der Waals surface area contributed by atoms with E-state index in [-0.39, 0.29) is 6.61 Å². The van der Waals surface area contributed by atoms with Gasteiger partial charge in [0.25, 0.3) is 0 Å². The lowest BCUT2D eigenvalue weighted by Crippen LogP contribution is -2.11. The van der Waals surface area contributed by atoms with Crippen LogP contribution in [0.5, 0.6) is 0 Å². The van der Waals surface area contributed by atoms with Gasteiger partial charge in [-0.25, -0.2) is 4.18 Å². The minimum Gasteiger partial charge on any atom is -0.379 e. The fourth-order valence-electron chi connectivity index (χ4n) is 1.93. The molecule has 0 bridgehead atoms. The molecule has 0 heterocycles. The highest BCUT2D eigenvalue weighted by Crippen LogP contribution is 2.11. The topological polar surface area (TPSA) is 110 Å². The Morgan fingerprint density at radius 2 is 1.23 bits per heavy atom. The van der Waals surface area contributed by atoms with E-state index < -0.39 is 16.6 Å². The second kappa shape index (κ2) is 17.1. The van der Waals surface area contributed by atoms with E-state index in [1.807, 2.05) is 0 Å². The predicted molar refractivity (Wildman–Crippen MR) is 89.8 cm³/mol. The summed E-state index contributed by atoms with van der Waals surface area (Å²) in [6.45, 7) is 3.82. The quantitative estimate of drug-likeness (QED) is 0.269. The predicted octanol–water partition coefficient (Wildman–Crippen LogP) is 3.40. The van der Waals surface area contributed by atoms with Gasteiger partial charge in [0.1, 0.15) is 0 Å². The molecule has 0 spiro atoms. The summed E-state index contributed by atoms with van der Waals surface area (Å²) in [5.74, 6) is 0. The smallest absolute Gasteiger partial charge is 0.379 e. The van der Waals surface area contributed by atoms with E-state index in [0.29, 0.717) is 6.42 Å². The highest BCUT2D eigenvalue weighted by Gasteiger charge is 2.02. The number of aliphatic hydroxyl groups excluding tert-OH is 1. The number of hydrogen-bond acceptors (Lipinski definition) is 5. The van der Waals surface area contributed by atoms with Gasteiger partial charge in [-0.2, -0.15) is 8.42 Å². The van der Waals surface area contributed by atoms with Crippen LogP contribution in [0.2, 0.25) is 0 Å². The van der Waals surface area contributed by atoms with Crippen molar-refractivity contribution in [1.29, 1.82) is 0 Å². The van der Waals surface area contributed by atoms with Crippen LogP contribution in [0.1, 0.15) is 84.5 Å². The standard InChI is InChI=1S/C13H28O4S.C2H7NO/c1-2-3-4-5-6-7-8-9-10-11-12-13-17-18(14,15)16;1-2(3)4/h2-13H2,1H3,(H,14,15,16);2,4H,3H2,1H3. The minimum atomic E-state index is -4.24. The van der Waals surface area contributed by atoms with Gasteiger partial charge in [-0.1, -0.05) is 71.1 Å². The normalized spacial score (nSPS) is 12.6. The van der Waals surface area contributed by atoms with Crippen molar-refractivity contribution >= 4 is 10.4 Å². The molecule has 0 aliphatic carbocycles. The molecule has 22 heavy (non-hydrogen) atoms. The molecule has 0 aliphatic rings. The average molecular weight is 342 g/mol. The van der Waals surface area contributed by atoms with Gasteiger partial charge in [-0.15, -0.1) is 0 Å². The molecule has 4 N–H and O–H groups in total. The molecule has 0 amide bonds. The van der Waals surface area contributed by atoms with Gasteiger partial charge < -0.3 is 10.8 Å². The lowest BCUT2D eigenvalue weighted by atomic mass is 10.1. The van der Waals surface area contributed by atoms with Crippen LogP contribution in [0, 0.1) is 0 Å². The maximum Gasteiger partial charge on any atom is 0.397 e. The minimum absolute atomic E-state index is 0.0931. The molecule has 0 aliphatic heterocycles. The largest absolute Gasteiger partial charge is 0.397 e. The van der Waals surface area contributed by atoms with Crippen LogP contribution in [0.15, 0.2) is 0 Å². The van der Waals surface area contributed by atoms with Crippen LogP contribution in [0.25, 0.3) is 0 Å². The van der Waals surface area contributed by atoms with Crippen LogP contribution >= 0.6 is 0 Å². The first-order valence-corrected chi connectivity index (χ1v) is 9.71. The Morgan fingerprint density at radius 3 is 1.55 bits per heavy atom. The number of unbranched alkanes of at least 4 members (excludes halogenated alkanes) is 10. The highest BCUT2D eigenvalue weighted by atomic mass is 32.3. The molecule has 0 radical (unpaired) electrons. The summed E-state index contributed by atoms with van der Waals surface area (Å²) in [5.41, 5.74) is 4.67. The fraction of sp³-hybridized carbons (Fsp3) is 1.00. The maximum atomic E-state index is 10.2. The van der Waals surface area contributed by atoms with Crippen LogP contribution in [0.3, 0.4) is 0 Å². The Hall–Kier alpha value is -0.210. The van der Waals surface area contributed by atoms with E-state index in [4.69, 9.17) is 9.66 Å². The second-order valence-electron chi connectivity index (χ2n) is 5.53. The zero-order chi connectivity index (χ0) is 17.3. The second-order valence-corrected chi connectivity index (χ2v) is 6.62. The van der Waals surface area contributed by atoms with Crippen LogP contribution < -0.4 is 5.73 Å². The van der Waals surface area contributed by atoms with E-state index in [9.17, 15) is 8.42 Å². The number of hydrogen-bond donors (Lipinski definition) is 3. The molecule has 1 unspecified atom stereocenters. The summed E-state index contributed by atoms with van der Waals surface area (Å²) in [5, 5.41) is 7.83. The SMILES string of the molecule is CC(N)O.CCCCCCCCCCCCCOS(=O)(=O)O. The zero-order valence-corrected chi connectivity index (χ0v) is 15.0. The Balaban J connectivity index is 0. The summed E-state index contributed by atoms with van der Waals surface area (Å²) in [7, 11) is -4.24. The van der Waals surface area contributed by atoms with Crippen molar-refractivity contribution in [2.45, 2.75) is 90.7 Å². The fourth-order valence-corrected chi connectivity index (χ4v) is 2.26. The number of nitrogens with two attached hydrogens (primary N) is 1. The first-order chi connectivity index (χ1) is 10.3.